The number of anilines is 2. The Morgan fingerprint density at radius 1 is 1.10 bits per heavy atom. The van der Waals surface area contributed by atoms with E-state index in [2.05, 4.69) is 0 Å². The number of nitrogens with zero attached hydrogens (tertiary/aromatic N) is 1. The van der Waals surface area contributed by atoms with E-state index in [1.165, 1.54) is 0 Å². The summed E-state index contributed by atoms with van der Waals surface area (Å²) in [5.41, 5.74) is 8.54. The van der Waals surface area contributed by atoms with Gasteiger partial charge in [0, 0.05) is 11.3 Å². The number of benzene rings is 2. The third kappa shape index (κ3) is 2.29. The van der Waals surface area contributed by atoms with E-state index in [0.29, 0.717) is 23.5 Å². The molecule has 3 rings (SSSR count). The maximum absolute atomic E-state index is 12.5. The van der Waals surface area contributed by atoms with E-state index in [-0.39, 0.29) is 11.7 Å². The summed E-state index contributed by atoms with van der Waals surface area (Å²) >= 11 is 0. The molecule has 1 heterocycles. The van der Waals surface area contributed by atoms with Crippen LogP contribution in [0.5, 0.6) is 0 Å². The highest BCUT2D eigenvalue weighted by atomic mass is 16.2. The van der Waals surface area contributed by atoms with Crippen molar-refractivity contribution in [3.63, 3.8) is 0 Å². The maximum atomic E-state index is 12.5. The number of Topliss-reactive ketones (excluding diaryl/α,β-unsaturated/α-hetero) is 1. The van der Waals surface area contributed by atoms with Crippen LogP contribution in [0.15, 0.2) is 48.5 Å². The maximum Gasteiger partial charge on any atom is 0.237 e. The van der Waals surface area contributed by atoms with E-state index in [9.17, 15) is 9.59 Å². The fourth-order valence-electron chi connectivity index (χ4n) is 2.61. The molecule has 2 N–H and O–H groups in total. The number of amides is 1. The molecule has 2 aromatic carbocycles. The Morgan fingerprint density at radius 3 is 2.52 bits per heavy atom. The minimum Gasteiger partial charge on any atom is -0.399 e. The van der Waals surface area contributed by atoms with Crippen LogP contribution in [0.3, 0.4) is 0 Å². The number of hydrogen-bond donors (Lipinski definition) is 1. The zero-order valence-corrected chi connectivity index (χ0v) is 11.7. The highest BCUT2D eigenvalue weighted by Crippen LogP contribution is 2.33. The molecule has 0 aromatic heterocycles. The second-order valence-corrected chi connectivity index (χ2v) is 5.27. The smallest absolute Gasteiger partial charge is 0.237 e. The second kappa shape index (κ2) is 5.05. The average Bonchev–Trinajstić information content (AvgIpc) is 2.50. The lowest BCUT2D eigenvalue weighted by Gasteiger charge is -2.32. The zero-order valence-electron chi connectivity index (χ0n) is 11.7. The molecular formula is C17H16N2O2. The Bertz CT molecular complexity index is 710. The Kier molecular flexibility index (Phi) is 3.22. The van der Waals surface area contributed by atoms with Gasteiger partial charge in [-0.1, -0.05) is 30.3 Å². The molecule has 1 amide bonds. The Hall–Kier alpha value is -2.62. The number of nitrogen functional groups attached to an aromatic ring is 1. The van der Waals surface area contributed by atoms with Gasteiger partial charge in [-0.15, -0.1) is 0 Å². The molecule has 1 aliphatic heterocycles. The third-order valence-electron chi connectivity index (χ3n) is 3.79. The van der Waals surface area contributed by atoms with Crippen molar-refractivity contribution >= 4 is 23.1 Å². The molecule has 106 valence electrons. The fraction of sp³-hybridized carbons (Fsp3) is 0.176. The highest BCUT2D eigenvalue weighted by Gasteiger charge is 2.36. The summed E-state index contributed by atoms with van der Waals surface area (Å²) in [4.78, 5) is 26.4. The number of nitrogens with two attached hydrogens (primary N) is 1. The molecule has 0 saturated heterocycles. The van der Waals surface area contributed by atoms with Gasteiger partial charge in [0.25, 0.3) is 0 Å². The number of ketones is 1. The van der Waals surface area contributed by atoms with Crippen molar-refractivity contribution in [2.24, 2.45) is 5.92 Å². The first kappa shape index (κ1) is 13.4. The first-order valence-electron chi connectivity index (χ1n) is 6.87. The van der Waals surface area contributed by atoms with Crippen molar-refractivity contribution in [3.05, 3.63) is 59.7 Å². The molecule has 4 nitrogen and oxygen atoms in total. The number of hydrogen-bond acceptors (Lipinski definition) is 3. The van der Waals surface area contributed by atoms with Crippen LogP contribution in [0.2, 0.25) is 0 Å². The molecule has 2 aromatic rings. The first-order chi connectivity index (χ1) is 10.1. The van der Waals surface area contributed by atoms with Gasteiger partial charge in [-0.2, -0.15) is 0 Å². The number of fused-ring (bicyclic) bond motifs is 1. The van der Waals surface area contributed by atoms with Gasteiger partial charge in [0.15, 0.2) is 5.78 Å². The number of carbonyl (C=O) groups is 2. The summed E-state index contributed by atoms with van der Waals surface area (Å²) in [6, 6.07) is 14.8. The monoisotopic (exact) mass is 280 g/mol. The molecule has 21 heavy (non-hydrogen) atoms. The van der Waals surface area contributed by atoms with Gasteiger partial charge in [0.1, 0.15) is 0 Å². The Balaban J connectivity index is 2.07. The number of rotatable bonds is 2. The average molecular weight is 280 g/mol. The van der Waals surface area contributed by atoms with E-state index in [1.54, 1.807) is 30.0 Å². The van der Waals surface area contributed by atoms with Crippen LogP contribution >= 0.6 is 0 Å². The predicted octanol–water partition coefficient (Wildman–Crippen LogP) is 2.63. The van der Waals surface area contributed by atoms with Crippen LogP contribution in [-0.2, 0) is 11.3 Å². The summed E-state index contributed by atoms with van der Waals surface area (Å²) in [6.07, 6.45) is 0. The largest absolute Gasteiger partial charge is 0.399 e. The summed E-state index contributed by atoms with van der Waals surface area (Å²) in [5.74, 6) is -0.967. The molecule has 1 atom stereocenters. The minimum absolute atomic E-state index is 0.140. The van der Waals surface area contributed by atoms with Gasteiger partial charge in [-0.05, 0) is 30.7 Å². The second-order valence-electron chi connectivity index (χ2n) is 5.27. The lowest BCUT2D eigenvalue weighted by molar-refractivity contribution is -0.121. The van der Waals surface area contributed by atoms with Gasteiger partial charge >= 0.3 is 0 Å². The lowest BCUT2D eigenvalue weighted by atomic mass is 9.91. The van der Waals surface area contributed by atoms with Gasteiger partial charge in [-0.25, -0.2) is 0 Å². The predicted molar refractivity (Wildman–Crippen MR) is 82.0 cm³/mol. The topological polar surface area (TPSA) is 63.4 Å². The van der Waals surface area contributed by atoms with E-state index < -0.39 is 5.92 Å². The summed E-state index contributed by atoms with van der Waals surface area (Å²) in [5, 5.41) is 0. The fourth-order valence-corrected chi connectivity index (χ4v) is 2.61. The molecule has 0 spiro atoms. The Labute approximate surface area is 123 Å². The Morgan fingerprint density at radius 2 is 1.81 bits per heavy atom. The van der Waals surface area contributed by atoms with Crippen molar-refractivity contribution in [1.29, 1.82) is 0 Å². The zero-order chi connectivity index (χ0) is 15.0. The molecule has 0 aliphatic carbocycles. The quantitative estimate of drug-likeness (QED) is 0.679. The molecule has 0 bridgehead atoms. The molecule has 0 fully saturated rings. The molecule has 0 radical (unpaired) electrons. The van der Waals surface area contributed by atoms with Crippen LogP contribution < -0.4 is 10.6 Å². The first-order valence-corrected chi connectivity index (χ1v) is 6.87. The van der Waals surface area contributed by atoms with Crippen molar-refractivity contribution in [2.75, 3.05) is 10.6 Å². The molecule has 0 saturated carbocycles. The highest BCUT2D eigenvalue weighted by molar-refractivity contribution is 6.21. The van der Waals surface area contributed by atoms with Crippen LogP contribution in [-0.4, -0.2) is 11.7 Å². The number of carbonyl (C=O) groups excluding carboxylic acids is 2. The third-order valence-corrected chi connectivity index (χ3v) is 3.79. The van der Waals surface area contributed by atoms with Crippen molar-refractivity contribution in [3.8, 4) is 0 Å². The standard InChI is InChI=1S/C17H16N2O2/c1-11-16(20)14-8-7-13(18)9-15(14)19(17(11)21)10-12-5-3-2-4-6-12/h2-9,11H,10,18H2,1H3. The van der Waals surface area contributed by atoms with E-state index in [1.807, 2.05) is 30.3 Å². The van der Waals surface area contributed by atoms with Crippen molar-refractivity contribution in [1.82, 2.24) is 0 Å². The van der Waals surface area contributed by atoms with Crippen LogP contribution in [0.25, 0.3) is 0 Å². The van der Waals surface area contributed by atoms with E-state index in [4.69, 9.17) is 5.73 Å². The SMILES string of the molecule is CC1C(=O)c2ccc(N)cc2N(Cc2ccccc2)C1=O. The molecular weight excluding hydrogens is 264 g/mol. The summed E-state index contributed by atoms with van der Waals surface area (Å²) in [6.45, 7) is 2.09. The molecule has 1 unspecified atom stereocenters. The van der Waals surface area contributed by atoms with Gasteiger partial charge in [0.05, 0.1) is 18.2 Å². The summed E-state index contributed by atoms with van der Waals surface area (Å²) < 4.78 is 0. The van der Waals surface area contributed by atoms with E-state index >= 15 is 0 Å². The van der Waals surface area contributed by atoms with Gasteiger partial charge < -0.3 is 10.6 Å². The minimum atomic E-state index is -0.648. The van der Waals surface area contributed by atoms with Crippen LogP contribution in [0.4, 0.5) is 11.4 Å². The molecule has 4 heteroatoms. The van der Waals surface area contributed by atoms with Gasteiger partial charge in [-0.3, -0.25) is 9.59 Å². The lowest BCUT2D eigenvalue weighted by Crippen LogP contribution is -2.43. The molecule has 1 aliphatic rings. The summed E-state index contributed by atoms with van der Waals surface area (Å²) in [7, 11) is 0. The van der Waals surface area contributed by atoms with Gasteiger partial charge in [0.2, 0.25) is 5.91 Å². The normalized spacial score (nSPS) is 17.8. The van der Waals surface area contributed by atoms with Crippen molar-refractivity contribution < 1.29 is 9.59 Å². The van der Waals surface area contributed by atoms with Crippen molar-refractivity contribution in [2.45, 2.75) is 13.5 Å². The van der Waals surface area contributed by atoms with Crippen LogP contribution in [0, 0.1) is 5.92 Å². The van der Waals surface area contributed by atoms with Crippen LogP contribution in [0.1, 0.15) is 22.8 Å². The van der Waals surface area contributed by atoms with E-state index in [0.717, 1.165) is 5.56 Å².